The van der Waals surface area contributed by atoms with E-state index in [0.717, 1.165) is 33.3 Å². The molecule has 0 radical (unpaired) electrons. The number of amides is 9. The molecule has 342 valence electrons. The number of aromatic nitrogens is 1. The van der Waals surface area contributed by atoms with Crippen LogP contribution in [0.1, 0.15) is 56.7 Å². The van der Waals surface area contributed by atoms with Crippen molar-refractivity contribution < 1.29 is 58.5 Å². The largest absolute Gasteiger partial charge is 0.394 e. The number of benzene rings is 1. The number of hydrogen-bond donors (Lipinski definition) is 12. The summed E-state index contributed by atoms with van der Waals surface area (Å²) < 4.78 is 0. The molecule has 4 heterocycles. The van der Waals surface area contributed by atoms with Gasteiger partial charge in [-0.05, 0) is 22.6 Å². The zero-order valence-corrected chi connectivity index (χ0v) is 35.8. The van der Waals surface area contributed by atoms with Crippen LogP contribution in [0.25, 0.3) is 10.9 Å². The van der Waals surface area contributed by atoms with Gasteiger partial charge in [-0.2, -0.15) is 0 Å². The lowest BCUT2D eigenvalue weighted by Crippen LogP contribution is -2.62. The van der Waals surface area contributed by atoms with Crippen LogP contribution in [-0.4, -0.2) is 159 Å². The maximum Gasteiger partial charge on any atom is 0.246 e. The number of aliphatic hydroxyl groups excluding tert-OH is 3. The van der Waals surface area contributed by atoms with E-state index < -0.39 is 146 Å². The highest BCUT2D eigenvalue weighted by Crippen LogP contribution is 2.40. The number of aromatic amines is 1. The average Bonchev–Trinajstić information content (AvgIpc) is 3.82. The van der Waals surface area contributed by atoms with Crippen molar-refractivity contribution in [3.8, 4) is 0 Å². The van der Waals surface area contributed by atoms with Gasteiger partial charge in [0.15, 0.2) is 0 Å². The van der Waals surface area contributed by atoms with Crippen LogP contribution < -0.4 is 43.0 Å². The highest BCUT2D eigenvalue weighted by atomic mass is 32.2. The Labute approximate surface area is 365 Å². The number of nitrogens with zero attached hydrogens (tertiary/aromatic N) is 1. The van der Waals surface area contributed by atoms with E-state index in [-0.39, 0.29) is 18.6 Å². The summed E-state index contributed by atoms with van der Waals surface area (Å²) in [5.41, 5.74) is 8.78. The van der Waals surface area contributed by atoms with Gasteiger partial charge in [-0.25, -0.2) is 0 Å². The molecule has 0 spiro atoms. The molecule has 9 amide bonds. The molecule has 1 aliphatic carbocycles. The minimum atomic E-state index is -1.71. The summed E-state index contributed by atoms with van der Waals surface area (Å²) in [6.07, 6.45) is -3.12. The molecule has 2 bridgehead atoms. The van der Waals surface area contributed by atoms with Crippen LogP contribution in [0.2, 0.25) is 0 Å². The smallest absolute Gasteiger partial charge is 0.246 e. The van der Waals surface area contributed by atoms with Gasteiger partial charge in [-0.1, -0.05) is 39.3 Å². The molecule has 1 aromatic carbocycles. The summed E-state index contributed by atoms with van der Waals surface area (Å²) in [6, 6.07) is -5.27. The van der Waals surface area contributed by atoms with E-state index in [2.05, 4.69) is 42.2 Å². The third kappa shape index (κ3) is 10.7. The Hall–Kier alpha value is -5.78. The number of fused-ring (bicyclic) bond motifs is 7. The molecule has 10 atom stereocenters. The third-order valence-corrected chi connectivity index (χ3v) is 13.2. The van der Waals surface area contributed by atoms with Gasteiger partial charge < -0.3 is 68.2 Å². The molecule has 4 aliphatic rings. The molecular formula is C40H54N10O12S. The molecule has 6 rings (SSSR count). The summed E-state index contributed by atoms with van der Waals surface area (Å²) in [6.45, 7) is 2.27. The summed E-state index contributed by atoms with van der Waals surface area (Å²) in [7, 11) is 0. The van der Waals surface area contributed by atoms with Gasteiger partial charge in [0.05, 0.1) is 48.9 Å². The van der Waals surface area contributed by atoms with Gasteiger partial charge in [0.1, 0.15) is 36.3 Å². The first-order valence-electron chi connectivity index (χ1n) is 20.8. The lowest BCUT2D eigenvalue weighted by Gasteiger charge is -2.32. The van der Waals surface area contributed by atoms with Crippen LogP contribution in [0.5, 0.6) is 0 Å². The second-order valence-electron chi connectivity index (χ2n) is 16.5. The number of aliphatic hydroxyl groups is 3. The number of H-pyrrole nitrogens is 1. The molecule has 1 aromatic heterocycles. The number of rotatable bonds is 7. The van der Waals surface area contributed by atoms with Gasteiger partial charge in [-0.15, -0.1) is 11.8 Å². The maximum absolute atomic E-state index is 14.5. The molecule has 63 heavy (non-hydrogen) atoms. The zero-order chi connectivity index (χ0) is 45.9. The SMILES string of the molecule is CC[C@H](C)[C@@H]1NC(=O)CNC(=O)C2Cc3c([nH]c4c5c(ccc34)C5)SCC(NC(=O)CNC1=O)C(=O)NC(CC(N)=O)C(=O)N1C[C@H](O)C[C@H]1C(=O)N[C@@H]([C@@H](C)[C@@H](O)CO)C(=O)N2. The van der Waals surface area contributed by atoms with Gasteiger partial charge in [0.2, 0.25) is 53.2 Å². The summed E-state index contributed by atoms with van der Waals surface area (Å²) in [5, 5.41) is 50.3. The standard InChI is InChI=1S/C40H54N10O12S/c1-4-16(2)31-37(60)43-11-29(55)44-25-15-63-39-22(20-6-5-18-7-21(18)33(20)49-39)9-23(34(57)42-12-30(56)47-31)45-38(61)32(17(3)27(53)14-51)48-36(59)26-8-19(52)13-50(26)40(62)24(10-28(41)54)46-35(25)58/h5-6,16-17,19,23-27,31-32,49,51-53H,4,7-15H2,1-3H3,(H2,41,54)(H,42,57)(H,43,60)(H,44,55)(H,45,61)(H,46,58)(H,47,56)(H,48,59)/t16-,17-,19+,23?,24?,25?,26-,27-,31-,32-/m0/s1. The van der Waals surface area contributed by atoms with E-state index in [9.17, 15) is 58.5 Å². The highest BCUT2D eigenvalue weighted by molar-refractivity contribution is 7.99. The number of carbonyl (C=O) groups excluding carboxylic acids is 9. The van der Waals surface area contributed by atoms with Crippen LogP contribution in [0.15, 0.2) is 17.2 Å². The first kappa shape index (κ1) is 46.7. The van der Waals surface area contributed by atoms with Crippen molar-refractivity contribution in [3.05, 3.63) is 28.8 Å². The normalized spacial score (nSPS) is 28.1. The van der Waals surface area contributed by atoms with Crippen LogP contribution in [0.4, 0.5) is 0 Å². The minimum absolute atomic E-state index is 0.230. The number of carbonyl (C=O) groups is 9. The number of thioether (sulfide) groups is 1. The third-order valence-electron chi connectivity index (χ3n) is 12.0. The van der Waals surface area contributed by atoms with E-state index in [1.165, 1.54) is 6.92 Å². The van der Waals surface area contributed by atoms with Crippen molar-refractivity contribution in [2.75, 3.05) is 32.0 Å². The fourth-order valence-corrected chi connectivity index (χ4v) is 9.14. The second-order valence-corrected chi connectivity index (χ2v) is 17.6. The minimum Gasteiger partial charge on any atom is -0.394 e. The van der Waals surface area contributed by atoms with Crippen LogP contribution >= 0.6 is 11.8 Å². The van der Waals surface area contributed by atoms with Crippen molar-refractivity contribution >= 4 is 75.8 Å². The molecule has 23 heteroatoms. The summed E-state index contributed by atoms with van der Waals surface area (Å²) in [5.74, 6) is -10.1. The quantitative estimate of drug-likeness (QED) is 0.106. The summed E-state index contributed by atoms with van der Waals surface area (Å²) in [4.78, 5) is 128. The second kappa shape index (κ2) is 19.7. The highest BCUT2D eigenvalue weighted by Gasteiger charge is 2.45. The first-order chi connectivity index (χ1) is 29.9. The van der Waals surface area contributed by atoms with E-state index in [1.807, 2.05) is 12.1 Å². The number of hydrogen-bond acceptors (Lipinski definition) is 13. The van der Waals surface area contributed by atoms with Crippen molar-refractivity contribution in [2.45, 2.75) is 106 Å². The van der Waals surface area contributed by atoms with Crippen molar-refractivity contribution in [1.29, 1.82) is 0 Å². The Morgan fingerprint density at radius 3 is 2.24 bits per heavy atom. The van der Waals surface area contributed by atoms with Gasteiger partial charge in [0, 0.05) is 42.9 Å². The molecule has 1 fully saturated rings. The lowest BCUT2D eigenvalue weighted by molar-refractivity contribution is -0.144. The zero-order valence-electron chi connectivity index (χ0n) is 34.9. The fourth-order valence-electron chi connectivity index (χ4n) is 8.03. The van der Waals surface area contributed by atoms with Crippen molar-refractivity contribution in [3.63, 3.8) is 0 Å². The topological polar surface area (TPSA) is 344 Å². The Balaban J connectivity index is 1.50. The first-order valence-corrected chi connectivity index (χ1v) is 21.8. The average molecular weight is 899 g/mol. The number of nitrogens with two attached hydrogens (primary N) is 1. The Morgan fingerprint density at radius 1 is 0.857 bits per heavy atom. The van der Waals surface area contributed by atoms with Crippen LogP contribution in [0.3, 0.4) is 0 Å². The predicted octanol–water partition coefficient (Wildman–Crippen LogP) is -4.74. The summed E-state index contributed by atoms with van der Waals surface area (Å²) >= 11 is 1.06. The fraction of sp³-hybridized carbons (Fsp3) is 0.575. The Kier molecular flexibility index (Phi) is 14.6. The molecule has 13 N–H and O–H groups in total. The van der Waals surface area contributed by atoms with E-state index in [0.29, 0.717) is 28.8 Å². The van der Waals surface area contributed by atoms with E-state index >= 15 is 0 Å². The maximum atomic E-state index is 14.5. The molecular weight excluding hydrogens is 845 g/mol. The number of primary amides is 1. The number of nitrogens with one attached hydrogen (secondary N) is 8. The van der Waals surface area contributed by atoms with E-state index in [1.54, 1.807) is 13.8 Å². The molecule has 0 saturated carbocycles. The molecule has 1 saturated heterocycles. The monoisotopic (exact) mass is 898 g/mol. The van der Waals surface area contributed by atoms with Crippen LogP contribution in [0, 0.1) is 11.8 Å². The lowest BCUT2D eigenvalue weighted by atomic mass is 9.93. The molecule has 22 nitrogen and oxygen atoms in total. The van der Waals surface area contributed by atoms with Crippen molar-refractivity contribution in [1.82, 2.24) is 47.1 Å². The predicted molar refractivity (Wildman–Crippen MR) is 223 cm³/mol. The Morgan fingerprint density at radius 2 is 1.56 bits per heavy atom. The molecule has 2 aromatic rings. The van der Waals surface area contributed by atoms with Crippen molar-refractivity contribution in [2.24, 2.45) is 17.6 Å². The Bertz CT molecular complexity index is 2180. The van der Waals surface area contributed by atoms with E-state index in [4.69, 9.17) is 5.73 Å². The van der Waals surface area contributed by atoms with Gasteiger partial charge >= 0.3 is 0 Å². The van der Waals surface area contributed by atoms with Gasteiger partial charge in [-0.3, -0.25) is 43.2 Å². The molecule has 3 aliphatic heterocycles. The molecule has 3 unspecified atom stereocenters. The van der Waals surface area contributed by atoms with Crippen LogP contribution in [-0.2, 0) is 56.0 Å². The van der Waals surface area contributed by atoms with Gasteiger partial charge in [0.25, 0.3) is 0 Å².